The number of hydrogen-bond acceptors (Lipinski definition) is 2. The normalized spacial score (nSPS) is 19.1. The first kappa shape index (κ1) is 19.7. The highest BCUT2D eigenvalue weighted by molar-refractivity contribution is 9.10. The third-order valence-electron chi connectivity index (χ3n) is 4.68. The second-order valence-electron chi connectivity index (χ2n) is 6.46. The van der Waals surface area contributed by atoms with Crippen LogP contribution in [-0.2, 0) is 9.67 Å². The zero-order chi connectivity index (χ0) is 19.6. The van der Waals surface area contributed by atoms with E-state index in [-0.39, 0.29) is 0 Å². The molecule has 140 valence electrons. The molecule has 0 N–H and O–H groups in total. The fraction of sp³-hybridized carbons (Fsp3) is 0.0833. The van der Waals surface area contributed by atoms with Crippen LogP contribution in [-0.4, -0.2) is 7.11 Å². The van der Waals surface area contributed by atoms with E-state index < -0.39 is 4.93 Å². The SMILES string of the molecule is COC1(c2ccc(Br)cc2)C=C(c2ccccc2)C=C(c2ccc(Br)cc2)S1. The quantitative estimate of drug-likeness (QED) is 0.350. The van der Waals surface area contributed by atoms with Crippen molar-refractivity contribution in [3.63, 3.8) is 0 Å². The third-order valence-corrected chi connectivity index (χ3v) is 7.13. The Morgan fingerprint density at radius 1 is 0.750 bits per heavy atom. The Morgan fingerprint density at radius 2 is 1.36 bits per heavy atom. The highest BCUT2D eigenvalue weighted by Crippen LogP contribution is 2.52. The second-order valence-corrected chi connectivity index (χ2v) is 9.54. The van der Waals surface area contributed by atoms with Gasteiger partial charge in [0.2, 0.25) is 0 Å². The lowest BCUT2D eigenvalue weighted by Crippen LogP contribution is -2.24. The zero-order valence-electron chi connectivity index (χ0n) is 15.2. The Kier molecular flexibility index (Phi) is 5.93. The summed E-state index contributed by atoms with van der Waals surface area (Å²) in [5.74, 6) is 0. The standard InChI is InChI=1S/C24H18Br2OS/c1-27-24(20-9-13-22(26)14-10-20)16-19(17-5-3-2-4-6-17)15-23(28-24)18-7-11-21(25)12-8-18/h2-16H,1H3. The lowest BCUT2D eigenvalue weighted by molar-refractivity contribution is 0.112. The van der Waals surface area contributed by atoms with E-state index in [1.807, 2.05) is 6.07 Å². The molecule has 0 spiro atoms. The minimum absolute atomic E-state index is 0.594. The number of benzene rings is 3. The lowest BCUT2D eigenvalue weighted by atomic mass is 9.98. The maximum absolute atomic E-state index is 6.15. The summed E-state index contributed by atoms with van der Waals surface area (Å²) >= 11 is 8.79. The predicted octanol–water partition coefficient (Wildman–Crippen LogP) is 7.88. The van der Waals surface area contributed by atoms with Crippen LogP contribution in [0.25, 0.3) is 10.5 Å². The Balaban J connectivity index is 1.87. The molecule has 4 heteroatoms. The van der Waals surface area contributed by atoms with Crippen LogP contribution in [0.1, 0.15) is 16.7 Å². The maximum atomic E-state index is 6.15. The summed E-state index contributed by atoms with van der Waals surface area (Å²) in [6.07, 6.45) is 4.47. The largest absolute Gasteiger partial charge is 0.359 e. The third kappa shape index (κ3) is 4.06. The molecule has 3 aromatic rings. The molecular weight excluding hydrogens is 496 g/mol. The van der Waals surface area contributed by atoms with Crippen molar-refractivity contribution >= 4 is 54.1 Å². The van der Waals surface area contributed by atoms with Crippen molar-refractivity contribution in [2.75, 3.05) is 7.11 Å². The molecule has 4 rings (SSSR count). The number of rotatable bonds is 4. The fourth-order valence-electron chi connectivity index (χ4n) is 3.21. The van der Waals surface area contributed by atoms with Gasteiger partial charge in [-0.1, -0.05) is 98.2 Å². The van der Waals surface area contributed by atoms with Crippen LogP contribution in [0.5, 0.6) is 0 Å². The van der Waals surface area contributed by atoms with E-state index in [1.165, 1.54) is 16.0 Å². The lowest BCUT2D eigenvalue weighted by Gasteiger charge is -2.34. The first-order valence-corrected chi connectivity index (χ1v) is 11.3. The number of ether oxygens (including phenoxy) is 1. The van der Waals surface area contributed by atoms with Gasteiger partial charge in [0.1, 0.15) is 0 Å². The van der Waals surface area contributed by atoms with Gasteiger partial charge in [0.25, 0.3) is 0 Å². The zero-order valence-corrected chi connectivity index (χ0v) is 19.2. The van der Waals surface area contributed by atoms with Gasteiger partial charge in [-0.15, -0.1) is 0 Å². The Bertz CT molecular complexity index is 1020. The Morgan fingerprint density at radius 3 is 1.96 bits per heavy atom. The summed E-state index contributed by atoms with van der Waals surface area (Å²) in [5, 5.41) is 0. The van der Waals surface area contributed by atoms with Gasteiger partial charge in [0, 0.05) is 21.0 Å². The monoisotopic (exact) mass is 512 g/mol. The maximum Gasteiger partial charge on any atom is 0.162 e. The van der Waals surface area contributed by atoms with Crippen LogP contribution in [0.2, 0.25) is 0 Å². The van der Waals surface area contributed by atoms with E-state index in [0.29, 0.717) is 0 Å². The van der Waals surface area contributed by atoms with Crippen LogP contribution in [0.15, 0.2) is 100.0 Å². The summed E-state index contributed by atoms with van der Waals surface area (Å²) in [5.41, 5.74) is 4.62. The van der Waals surface area contributed by atoms with Crippen molar-refractivity contribution in [1.82, 2.24) is 0 Å². The molecule has 1 unspecified atom stereocenters. The number of methoxy groups -OCH3 is 1. The molecule has 0 saturated carbocycles. The fourth-order valence-corrected chi connectivity index (χ4v) is 5.02. The molecule has 28 heavy (non-hydrogen) atoms. The van der Waals surface area contributed by atoms with E-state index in [9.17, 15) is 0 Å². The molecule has 3 aromatic carbocycles. The Labute approximate surface area is 186 Å². The Hall–Kier alpha value is -1.59. The molecule has 1 nitrogen and oxygen atoms in total. The molecule has 1 heterocycles. The van der Waals surface area contributed by atoms with Gasteiger partial charge in [-0.2, -0.15) is 0 Å². The first-order valence-electron chi connectivity index (χ1n) is 8.86. The van der Waals surface area contributed by atoms with Gasteiger partial charge in [0.05, 0.1) is 0 Å². The van der Waals surface area contributed by atoms with Crippen molar-refractivity contribution < 1.29 is 4.74 Å². The molecule has 0 aromatic heterocycles. The summed E-state index contributed by atoms with van der Waals surface area (Å²) in [6, 6.07) is 27.2. The number of allylic oxidation sites excluding steroid dienone is 2. The van der Waals surface area contributed by atoms with E-state index in [2.05, 4.69) is 117 Å². The molecule has 0 amide bonds. The molecule has 1 aliphatic heterocycles. The van der Waals surface area contributed by atoms with Gasteiger partial charge in [-0.05, 0) is 58.7 Å². The van der Waals surface area contributed by atoms with Crippen LogP contribution in [0.3, 0.4) is 0 Å². The van der Waals surface area contributed by atoms with Crippen LogP contribution in [0, 0.1) is 0 Å². The van der Waals surface area contributed by atoms with E-state index in [4.69, 9.17) is 4.74 Å². The molecule has 0 fully saturated rings. The molecule has 0 bridgehead atoms. The summed E-state index contributed by atoms with van der Waals surface area (Å²) < 4.78 is 8.28. The minimum Gasteiger partial charge on any atom is -0.359 e. The van der Waals surface area contributed by atoms with E-state index in [0.717, 1.165) is 20.1 Å². The van der Waals surface area contributed by atoms with Crippen LogP contribution >= 0.6 is 43.6 Å². The van der Waals surface area contributed by atoms with Crippen LogP contribution < -0.4 is 0 Å². The molecule has 1 aliphatic rings. The molecule has 0 aliphatic carbocycles. The second kappa shape index (κ2) is 8.42. The number of hydrogen-bond donors (Lipinski definition) is 0. The molecular formula is C24H18Br2OS. The highest BCUT2D eigenvalue weighted by Gasteiger charge is 2.35. The van der Waals surface area contributed by atoms with Crippen molar-refractivity contribution in [2.45, 2.75) is 4.93 Å². The number of thioether (sulfide) groups is 1. The average molecular weight is 514 g/mol. The van der Waals surface area contributed by atoms with Crippen LogP contribution in [0.4, 0.5) is 0 Å². The molecule has 0 saturated heterocycles. The van der Waals surface area contributed by atoms with Gasteiger partial charge in [0.15, 0.2) is 4.93 Å². The summed E-state index contributed by atoms with van der Waals surface area (Å²) in [6.45, 7) is 0. The smallest absolute Gasteiger partial charge is 0.162 e. The summed E-state index contributed by atoms with van der Waals surface area (Å²) in [4.78, 5) is 0.585. The van der Waals surface area contributed by atoms with Gasteiger partial charge >= 0.3 is 0 Å². The summed E-state index contributed by atoms with van der Waals surface area (Å²) in [7, 11) is 1.78. The first-order chi connectivity index (χ1) is 13.6. The van der Waals surface area contributed by atoms with Crippen molar-refractivity contribution in [1.29, 1.82) is 0 Å². The van der Waals surface area contributed by atoms with Crippen molar-refractivity contribution in [3.05, 3.63) is 117 Å². The van der Waals surface area contributed by atoms with Gasteiger partial charge in [-0.3, -0.25) is 0 Å². The van der Waals surface area contributed by atoms with Crippen molar-refractivity contribution in [2.24, 2.45) is 0 Å². The number of halogens is 2. The average Bonchev–Trinajstić information content (AvgIpc) is 2.75. The molecule has 1 atom stereocenters. The van der Waals surface area contributed by atoms with Gasteiger partial charge in [-0.25, -0.2) is 0 Å². The van der Waals surface area contributed by atoms with E-state index in [1.54, 1.807) is 18.9 Å². The highest BCUT2D eigenvalue weighted by atomic mass is 79.9. The topological polar surface area (TPSA) is 9.23 Å². The van der Waals surface area contributed by atoms with E-state index >= 15 is 0 Å². The van der Waals surface area contributed by atoms with Gasteiger partial charge < -0.3 is 4.74 Å². The minimum atomic E-state index is -0.594. The van der Waals surface area contributed by atoms with Crippen molar-refractivity contribution in [3.8, 4) is 0 Å². The molecule has 0 radical (unpaired) electrons. The predicted molar refractivity (Wildman–Crippen MR) is 127 cm³/mol.